The lowest BCUT2D eigenvalue weighted by molar-refractivity contribution is -0.114. The quantitative estimate of drug-likeness (QED) is 0.312. The van der Waals surface area contributed by atoms with Gasteiger partial charge in [-0.3, -0.25) is 9.20 Å². The molecule has 0 saturated carbocycles. The second kappa shape index (κ2) is 10.1. The van der Waals surface area contributed by atoms with Crippen LogP contribution in [0.25, 0.3) is 16.9 Å². The standard InChI is InChI=1S/C27H27N5O5/c1-35-20-9-7-16(13-21(20)36-2)11-12-28-26-25(18-5-4-6-19-24(18)29-14-23(33)30-19)31-22-10-8-17(15-32(22)26)27(34)37-3/h4-10,13,15,28-29H,11-12,14H2,1-3H3,(H,30,33). The van der Waals surface area contributed by atoms with Crippen LogP contribution in [0.2, 0.25) is 0 Å². The number of nitrogens with zero attached hydrogens (tertiary/aromatic N) is 2. The average molecular weight is 502 g/mol. The number of amides is 1. The summed E-state index contributed by atoms with van der Waals surface area (Å²) in [5, 5.41) is 9.62. The second-order valence-corrected chi connectivity index (χ2v) is 8.44. The largest absolute Gasteiger partial charge is 0.493 e. The number of hydrogen-bond acceptors (Lipinski definition) is 8. The molecule has 4 aromatic rings. The zero-order valence-corrected chi connectivity index (χ0v) is 20.8. The van der Waals surface area contributed by atoms with Gasteiger partial charge in [-0.05, 0) is 42.3 Å². The number of imidazole rings is 1. The monoisotopic (exact) mass is 501 g/mol. The van der Waals surface area contributed by atoms with E-state index in [0.717, 1.165) is 16.8 Å². The Kier molecular flexibility index (Phi) is 6.55. The van der Waals surface area contributed by atoms with Gasteiger partial charge in [-0.2, -0.15) is 0 Å². The zero-order chi connectivity index (χ0) is 25.9. The van der Waals surface area contributed by atoms with Crippen LogP contribution in [0.5, 0.6) is 11.5 Å². The summed E-state index contributed by atoms with van der Waals surface area (Å²) in [6.07, 6.45) is 2.41. The number of aromatic nitrogens is 2. The third-order valence-corrected chi connectivity index (χ3v) is 6.21. The predicted molar refractivity (Wildman–Crippen MR) is 141 cm³/mol. The first-order valence-corrected chi connectivity index (χ1v) is 11.7. The molecular weight excluding hydrogens is 474 g/mol. The lowest BCUT2D eigenvalue weighted by Crippen LogP contribution is -2.27. The summed E-state index contributed by atoms with van der Waals surface area (Å²) >= 11 is 0. The smallest absolute Gasteiger partial charge is 0.339 e. The van der Waals surface area contributed by atoms with E-state index >= 15 is 0 Å². The van der Waals surface area contributed by atoms with Crippen molar-refractivity contribution >= 4 is 34.7 Å². The van der Waals surface area contributed by atoms with E-state index in [1.54, 1.807) is 32.5 Å². The van der Waals surface area contributed by atoms with Crippen molar-refractivity contribution in [2.75, 3.05) is 50.4 Å². The Morgan fingerprint density at radius 1 is 1.08 bits per heavy atom. The Balaban J connectivity index is 1.53. The van der Waals surface area contributed by atoms with Crippen molar-refractivity contribution in [3.05, 3.63) is 65.9 Å². The van der Waals surface area contributed by atoms with Crippen molar-refractivity contribution in [2.45, 2.75) is 6.42 Å². The molecule has 0 atom stereocenters. The molecule has 5 rings (SSSR count). The minimum absolute atomic E-state index is 0.101. The van der Waals surface area contributed by atoms with Crippen LogP contribution in [0.3, 0.4) is 0 Å². The summed E-state index contributed by atoms with van der Waals surface area (Å²) in [7, 11) is 4.57. The predicted octanol–water partition coefficient (Wildman–Crippen LogP) is 3.82. The van der Waals surface area contributed by atoms with E-state index in [2.05, 4.69) is 16.0 Å². The van der Waals surface area contributed by atoms with E-state index in [0.29, 0.717) is 52.9 Å². The normalized spacial score (nSPS) is 12.4. The van der Waals surface area contributed by atoms with Crippen molar-refractivity contribution in [3.8, 4) is 22.8 Å². The number of pyridine rings is 1. The van der Waals surface area contributed by atoms with E-state index in [9.17, 15) is 9.59 Å². The lowest BCUT2D eigenvalue weighted by atomic mass is 10.1. The van der Waals surface area contributed by atoms with Crippen molar-refractivity contribution in [1.82, 2.24) is 9.38 Å². The van der Waals surface area contributed by atoms with Gasteiger partial charge >= 0.3 is 5.97 Å². The molecule has 1 aliphatic heterocycles. The molecule has 0 saturated heterocycles. The molecule has 37 heavy (non-hydrogen) atoms. The highest BCUT2D eigenvalue weighted by molar-refractivity contribution is 6.04. The zero-order valence-electron chi connectivity index (χ0n) is 20.8. The van der Waals surface area contributed by atoms with Crippen LogP contribution in [-0.4, -0.2) is 55.7 Å². The maximum absolute atomic E-state index is 12.2. The Labute approximate surface area is 213 Å². The molecule has 2 aromatic heterocycles. The number of para-hydroxylation sites is 1. The second-order valence-electron chi connectivity index (χ2n) is 8.44. The molecule has 0 fully saturated rings. The van der Waals surface area contributed by atoms with Gasteiger partial charge in [-0.25, -0.2) is 9.78 Å². The molecule has 10 nitrogen and oxygen atoms in total. The number of ether oxygens (including phenoxy) is 3. The molecule has 10 heteroatoms. The number of methoxy groups -OCH3 is 3. The summed E-state index contributed by atoms with van der Waals surface area (Å²) in [6, 6.07) is 15.0. The minimum atomic E-state index is -0.435. The summed E-state index contributed by atoms with van der Waals surface area (Å²) in [5.74, 6) is 1.52. The number of esters is 1. The van der Waals surface area contributed by atoms with Crippen LogP contribution in [-0.2, 0) is 16.0 Å². The van der Waals surface area contributed by atoms with Crippen molar-refractivity contribution < 1.29 is 23.8 Å². The lowest BCUT2D eigenvalue weighted by Gasteiger charge is -2.21. The Hall–Kier alpha value is -4.73. The van der Waals surface area contributed by atoms with Gasteiger partial charge in [0, 0.05) is 18.3 Å². The van der Waals surface area contributed by atoms with Crippen LogP contribution in [0.15, 0.2) is 54.7 Å². The fraction of sp³-hybridized carbons (Fsp3) is 0.222. The van der Waals surface area contributed by atoms with Gasteiger partial charge in [0.25, 0.3) is 0 Å². The van der Waals surface area contributed by atoms with E-state index in [1.807, 2.05) is 40.8 Å². The Morgan fingerprint density at radius 3 is 2.70 bits per heavy atom. The molecule has 0 bridgehead atoms. The Morgan fingerprint density at radius 2 is 1.92 bits per heavy atom. The minimum Gasteiger partial charge on any atom is -0.493 e. The van der Waals surface area contributed by atoms with Gasteiger partial charge in [0.2, 0.25) is 5.91 Å². The third-order valence-electron chi connectivity index (χ3n) is 6.21. The molecule has 0 aliphatic carbocycles. The third kappa shape index (κ3) is 4.61. The van der Waals surface area contributed by atoms with Crippen molar-refractivity contribution in [1.29, 1.82) is 0 Å². The first-order chi connectivity index (χ1) is 18.0. The fourth-order valence-corrected chi connectivity index (χ4v) is 4.41. The summed E-state index contributed by atoms with van der Waals surface area (Å²) in [4.78, 5) is 29.0. The molecule has 0 unspecified atom stereocenters. The van der Waals surface area contributed by atoms with Gasteiger partial charge in [-0.15, -0.1) is 0 Å². The molecule has 2 aromatic carbocycles. The highest BCUT2D eigenvalue weighted by Crippen LogP contribution is 2.39. The summed E-state index contributed by atoms with van der Waals surface area (Å²) < 4.78 is 17.5. The summed E-state index contributed by atoms with van der Waals surface area (Å²) in [5.41, 5.74) is 5.14. The first-order valence-electron chi connectivity index (χ1n) is 11.7. The van der Waals surface area contributed by atoms with Gasteiger partial charge in [0.05, 0.1) is 44.8 Å². The number of carbonyl (C=O) groups is 2. The molecule has 190 valence electrons. The highest BCUT2D eigenvalue weighted by Gasteiger charge is 2.23. The molecule has 1 aliphatic rings. The number of benzene rings is 2. The molecule has 3 heterocycles. The molecule has 1 amide bonds. The van der Waals surface area contributed by atoms with E-state index in [-0.39, 0.29) is 12.5 Å². The van der Waals surface area contributed by atoms with Crippen LogP contribution in [0.4, 0.5) is 17.2 Å². The van der Waals surface area contributed by atoms with Crippen LogP contribution < -0.4 is 25.4 Å². The SMILES string of the molecule is COC(=O)c1ccc2nc(-c3cccc4c3NCC(=O)N4)c(NCCc3ccc(OC)c(OC)c3)n2c1. The fourth-order valence-electron chi connectivity index (χ4n) is 4.41. The number of fused-ring (bicyclic) bond motifs is 2. The summed E-state index contributed by atoms with van der Waals surface area (Å²) in [6.45, 7) is 0.754. The maximum Gasteiger partial charge on any atom is 0.339 e. The van der Waals surface area contributed by atoms with Gasteiger partial charge < -0.3 is 30.2 Å². The van der Waals surface area contributed by atoms with Crippen LogP contribution >= 0.6 is 0 Å². The van der Waals surface area contributed by atoms with Gasteiger partial charge in [0.15, 0.2) is 11.5 Å². The van der Waals surface area contributed by atoms with Crippen LogP contribution in [0.1, 0.15) is 15.9 Å². The number of hydrogen-bond donors (Lipinski definition) is 3. The van der Waals surface area contributed by atoms with E-state index in [1.165, 1.54) is 7.11 Å². The molecular formula is C27H27N5O5. The Bertz CT molecular complexity index is 1500. The average Bonchev–Trinajstić information content (AvgIpc) is 3.29. The number of carbonyl (C=O) groups excluding carboxylic acids is 2. The first kappa shape index (κ1) is 24.0. The van der Waals surface area contributed by atoms with Gasteiger partial charge in [0.1, 0.15) is 17.2 Å². The highest BCUT2D eigenvalue weighted by atomic mass is 16.5. The van der Waals surface area contributed by atoms with E-state index in [4.69, 9.17) is 19.2 Å². The number of nitrogens with one attached hydrogen (secondary N) is 3. The van der Waals surface area contributed by atoms with Gasteiger partial charge in [-0.1, -0.05) is 18.2 Å². The van der Waals surface area contributed by atoms with Crippen molar-refractivity contribution in [3.63, 3.8) is 0 Å². The molecule has 0 spiro atoms. The molecule has 0 radical (unpaired) electrons. The molecule has 3 N–H and O–H groups in total. The number of rotatable bonds is 8. The van der Waals surface area contributed by atoms with Crippen molar-refractivity contribution in [2.24, 2.45) is 0 Å². The van der Waals surface area contributed by atoms with Crippen LogP contribution in [0, 0.1) is 0 Å². The maximum atomic E-state index is 12.2. The number of anilines is 3. The van der Waals surface area contributed by atoms with E-state index < -0.39 is 5.97 Å². The topological polar surface area (TPSA) is 115 Å².